The van der Waals surface area contributed by atoms with E-state index in [9.17, 15) is 14.7 Å². The van der Waals surface area contributed by atoms with E-state index in [4.69, 9.17) is 4.98 Å². The van der Waals surface area contributed by atoms with Crippen LogP contribution in [-0.2, 0) is 23.4 Å². The van der Waals surface area contributed by atoms with Gasteiger partial charge in [0.05, 0.1) is 16.7 Å². The number of hydrogen-bond donors (Lipinski definition) is 3. The maximum Gasteiger partial charge on any atom is 0.259 e. The topological polar surface area (TPSA) is 95.1 Å². The zero-order valence-electron chi connectivity index (χ0n) is 19.8. The summed E-state index contributed by atoms with van der Waals surface area (Å²) in [5, 5.41) is 14.8. The number of carbonyl (C=O) groups is 1. The summed E-state index contributed by atoms with van der Waals surface area (Å²) in [6.45, 7) is 0.716. The Morgan fingerprint density at radius 2 is 2.00 bits per heavy atom. The predicted octanol–water partition coefficient (Wildman–Crippen LogP) is 4.32. The Morgan fingerprint density at radius 1 is 1.21 bits per heavy atom. The molecule has 7 rings (SSSR count). The van der Waals surface area contributed by atoms with Crippen LogP contribution in [-0.4, -0.2) is 38.9 Å². The molecule has 1 amide bonds. The van der Waals surface area contributed by atoms with Gasteiger partial charge in [-0.25, -0.2) is 4.98 Å². The van der Waals surface area contributed by atoms with Crippen LogP contribution in [0.2, 0.25) is 0 Å². The third-order valence-corrected chi connectivity index (χ3v) is 10.9. The number of H-pyrrole nitrogens is 1. The van der Waals surface area contributed by atoms with E-state index in [0.29, 0.717) is 42.1 Å². The average Bonchev–Trinajstić information content (AvgIpc) is 3.14. The molecule has 5 aliphatic carbocycles. The summed E-state index contributed by atoms with van der Waals surface area (Å²) in [5.41, 5.74) is 1.04. The van der Waals surface area contributed by atoms with Crippen molar-refractivity contribution in [1.29, 1.82) is 0 Å². The number of nitrogens with zero attached hydrogens (tertiary/aromatic N) is 1. The Balaban J connectivity index is 0.958. The molecule has 34 heavy (non-hydrogen) atoms. The molecule has 6 nitrogen and oxygen atoms in total. The Labute approximate surface area is 208 Å². The number of amides is 1. The van der Waals surface area contributed by atoms with Crippen LogP contribution in [0.1, 0.15) is 80.5 Å². The quantitative estimate of drug-likeness (QED) is 0.468. The zero-order chi connectivity index (χ0) is 23.3. The number of aryl methyl sites for hydroxylation is 2. The van der Waals surface area contributed by atoms with Gasteiger partial charge in [-0.3, -0.25) is 9.59 Å². The number of hydrogen-bond acceptors (Lipinski definition) is 6. The number of carbonyl (C=O) groups excluding carboxylic acids is 1. The van der Waals surface area contributed by atoms with Crippen LogP contribution in [0.3, 0.4) is 0 Å². The normalized spacial score (nSPS) is 31.7. The smallest absolute Gasteiger partial charge is 0.259 e. The predicted molar refractivity (Wildman–Crippen MR) is 137 cm³/mol. The average molecular weight is 502 g/mol. The molecule has 5 aliphatic rings. The molecule has 2 unspecified atom stereocenters. The lowest BCUT2D eigenvalue weighted by Gasteiger charge is -2.60. The molecule has 2 heterocycles. The van der Waals surface area contributed by atoms with E-state index in [0.717, 1.165) is 55.2 Å². The third-order valence-electron chi connectivity index (χ3n) is 8.72. The van der Waals surface area contributed by atoms with E-state index >= 15 is 0 Å². The van der Waals surface area contributed by atoms with Crippen LogP contribution < -0.4 is 10.9 Å². The second kappa shape index (κ2) is 8.93. The molecule has 2 aromatic heterocycles. The fraction of sp³-hybridized carbons (Fsp3) is 0.731. The number of aromatic amines is 1. The highest BCUT2D eigenvalue weighted by Gasteiger charge is 2.56. The van der Waals surface area contributed by atoms with Gasteiger partial charge in [-0.2, -0.15) is 11.8 Å². The fourth-order valence-corrected chi connectivity index (χ4v) is 9.95. The first-order chi connectivity index (χ1) is 16.4. The maximum absolute atomic E-state index is 12.7. The minimum absolute atomic E-state index is 0.00733. The van der Waals surface area contributed by atoms with Gasteiger partial charge in [-0.15, -0.1) is 11.3 Å². The van der Waals surface area contributed by atoms with E-state index in [1.807, 2.05) is 0 Å². The van der Waals surface area contributed by atoms with Crippen molar-refractivity contribution in [3.63, 3.8) is 0 Å². The molecule has 8 heteroatoms. The molecular formula is C26H35N3O3S2. The summed E-state index contributed by atoms with van der Waals surface area (Å²) >= 11 is 3.33. The molecule has 184 valence electrons. The minimum atomic E-state index is -0.425. The summed E-state index contributed by atoms with van der Waals surface area (Å²) in [6.07, 6.45) is 12.6. The number of aromatic nitrogens is 2. The number of aliphatic hydroxyl groups is 1. The Bertz CT molecular complexity index is 1140. The van der Waals surface area contributed by atoms with Crippen molar-refractivity contribution in [1.82, 2.24) is 15.3 Å². The number of nitrogens with one attached hydrogen (secondary N) is 2. The van der Waals surface area contributed by atoms with Crippen LogP contribution >= 0.6 is 23.1 Å². The van der Waals surface area contributed by atoms with E-state index < -0.39 is 5.60 Å². The molecule has 4 saturated carbocycles. The van der Waals surface area contributed by atoms with Crippen molar-refractivity contribution in [2.24, 2.45) is 17.3 Å². The summed E-state index contributed by atoms with van der Waals surface area (Å²) in [4.78, 5) is 35.0. The fourth-order valence-electron chi connectivity index (χ4n) is 7.86. The van der Waals surface area contributed by atoms with Crippen LogP contribution in [0.25, 0.3) is 10.2 Å². The minimum Gasteiger partial charge on any atom is -0.390 e. The number of thiophene rings is 1. The highest BCUT2D eigenvalue weighted by atomic mass is 32.2. The van der Waals surface area contributed by atoms with Gasteiger partial charge in [-0.05, 0) is 93.4 Å². The Morgan fingerprint density at radius 3 is 2.79 bits per heavy atom. The molecule has 4 fully saturated rings. The molecule has 0 saturated heterocycles. The standard InChI is InChI=1S/C26H35N3O3S2/c30-21(27-7-6-25-10-16-9-17(11-25)13-26(32,12-16)15-25)5-8-33-14-20-28-23(31)22-18-3-1-2-4-19(18)34-24(22)29-20/h16-17,32H,1-15H2,(H,27,30)(H,28,29,31). The van der Waals surface area contributed by atoms with Gasteiger partial charge in [0.25, 0.3) is 5.56 Å². The van der Waals surface area contributed by atoms with E-state index in [-0.39, 0.29) is 16.9 Å². The number of thioether (sulfide) groups is 1. The number of fused-ring (bicyclic) bond motifs is 3. The van der Waals surface area contributed by atoms with E-state index in [1.54, 1.807) is 23.1 Å². The van der Waals surface area contributed by atoms with Gasteiger partial charge < -0.3 is 15.4 Å². The lowest BCUT2D eigenvalue weighted by Crippen LogP contribution is -2.56. The highest BCUT2D eigenvalue weighted by Crippen LogP contribution is 2.62. The zero-order valence-corrected chi connectivity index (χ0v) is 21.4. The van der Waals surface area contributed by atoms with Gasteiger partial charge in [0, 0.05) is 23.6 Å². The van der Waals surface area contributed by atoms with Crippen molar-refractivity contribution in [2.75, 3.05) is 12.3 Å². The van der Waals surface area contributed by atoms with E-state index in [1.165, 1.54) is 36.1 Å². The molecule has 2 aromatic rings. The first kappa shape index (κ1) is 23.0. The monoisotopic (exact) mass is 501 g/mol. The summed E-state index contributed by atoms with van der Waals surface area (Å²) in [7, 11) is 0. The molecule has 2 atom stereocenters. The third kappa shape index (κ3) is 4.46. The van der Waals surface area contributed by atoms with Gasteiger partial charge in [-0.1, -0.05) is 0 Å². The second-order valence-corrected chi connectivity index (χ2v) is 13.7. The lowest BCUT2D eigenvalue weighted by molar-refractivity contribution is -0.165. The first-order valence-electron chi connectivity index (χ1n) is 13.0. The van der Waals surface area contributed by atoms with Crippen molar-refractivity contribution in [2.45, 2.75) is 88.4 Å². The number of rotatable bonds is 8. The largest absolute Gasteiger partial charge is 0.390 e. The maximum atomic E-state index is 12.7. The van der Waals surface area contributed by atoms with Gasteiger partial charge >= 0.3 is 0 Å². The molecule has 0 radical (unpaired) electrons. The molecule has 0 aromatic carbocycles. The molecule has 0 spiro atoms. The Kier molecular flexibility index (Phi) is 6.05. The second-order valence-electron chi connectivity index (χ2n) is 11.5. The SMILES string of the molecule is O=C(CCSCc1nc2sc3c(c2c(=O)[nH]1)CCCC3)NCCC12CC3CC(CC(O)(C3)C1)C2. The van der Waals surface area contributed by atoms with Gasteiger partial charge in [0.15, 0.2) is 0 Å². The van der Waals surface area contributed by atoms with Gasteiger partial charge in [0.2, 0.25) is 5.91 Å². The summed E-state index contributed by atoms with van der Waals surface area (Å²) in [6, 6.07) is 0. The van der Waals surface area contributed by atoms with Crippen molar-refractivity contribution in [3.8, 4) is 0 Å². The summed E-state index contributed by atoms with van der Waals surface area (Å²) in [5.74, 6) is 3.52. The van der Waals surface area contributed by atoms with Gasteiger partial charge in [0.1, 0.15) is 10.7 Å². The van der Waals surface area contributed by atoms with E-state index in [2.05, 4.69) is 10.3 Å². The molecule has 0 aliphatic heterocycles. The Hall–Kier alpha value is -1.38. The highest BCUT2D eigenvalue weighted by molar-refractivity contribution is 7.98. The summed E-state index contributed by atoms with van der Waals surface area (Å²) < 4.78 is 0. The van der Waals surface area contributed by atoms with Crippen molar-refractivity contribution < 1.29 is 9.90 Å². The lowest BCUT2D eigenvalue weighted by atomic mass is 9.47. The van der Waals surface area contributed by atoms with Crippen molar-refractivity contribution >= 4 is 39.2 Å². The van der Waals surface area contributed by atoms with Crippen LogP contribution in [0.15, 0.2) is 4.79 Å². The van der Waals surface area contributed by atoms with Crippen LogP contribution in [0.5, 0.6) is 0 Å². The van der Waals surface area contributed by atoms with Crippen molar-refractivity contribution in [3.05, 3.63) is 26.6 Å². The van der Waals surface area contributed by atoms with Crippen LogP contribution in [0, 0.1) is 17.3 Å². The van der Waals surface area contributed by atoms with Crippen LogP contribution in [0.4, 0.5) is 0 Å². The first-order valence-corrected chi connectivity index (χ1v) is 15.0. The molecular weight excluding hydrogens is 466 g/mol. The molecule has 4 bridgehead atoms. The molecule has 3 N–H and O–H groups in total.